The SMILES string of the molecule is C=CC(O)(CN)c1ccccc1. The van der Waals surface area contributed by atoms with Crippen molar-refractivity contribution in [2.24, 2.45) is 5.73 Å². The molecule has 2 nitrogen and oxygen atoms in total. The first-order valence-electron chi connectivity index (χ1n) is 3.84. The van der Waals surface area contributed by atoms with Crippen LogP contribution in [0.3, 0.4) is 0 Å². The molecule has 0 aliphatic heterocycles. The summed E-state index contributed by atoms with van der Waals surface area (Å²) in [5.41, 5.74) is 5.13. The van der Waals surface area contributed by atoms with Crippen LogP contribution < -0.4 is 5.73 Å². The molecule has 0 aromatic heterocycles. The third-order valence-electron chi connectivity index (χ3n) is 1.92. The Labute approximate surface area is 72.3 Å². The van der Waals surface area contributed by atoms with E-state index in [0.29, 0.717) is 0 Å². The Bertz CT molecular complexity index is 258. The highest BCUT2D eigenvalue weighted by atomic mass is 16.3. The second kappa shape index (κ2) is 3.52. The van der Waals surface area contributed by atoms with Gasteiger partial charge in [-0.15, -0.1) is 0 Å². The first-order chi connectivity index (χ1) is 5.73. The van der Waals surface area contributed by atoms with Crippen LogP contribution in [-0.4, -0.2) is 11.7 Å². The molecule has 1 atom stereocenters. The van der Waals surface area contributed by atoms with Gasteiger partial charge in [-0.05, 0) is 5.56 Å². The van der Waals surface area contributed by atoms with Crippen LogP contribution in [0.4, 0.5) is 0 Å². The Balaban J connectivity index is 3.03. The molecule has 0 aliphatic rings. The smallest absolute Gasteiger partial charge is 0.120 e. The van der Waals surface area contributed by atoms with E-state index in [4.69, 9.17) is 5.73 Å². The van der Waals surface area contributed by atoms with Crippen molar-refractivity contribution in [3.05, 3.63) is 48.6 Å². The highest BCUT2D eigenvalue weighted by Crippen LogP contribution is 2.19. The van der Waals surface area contributed by atoms with E-state index in [1.165, 1.54) is 6.08 Å². The van der Waals surface area contributed by atoms with Crippen molar-refractivity contribution in [1.29, 1.82) is 0 Å². The number of hydrogen-bond donors (Lipinski definition) is 2. The lowest BCUT2D eigenvalue weighted by molar-refractivity contribution is 0.0993. The van der Waals surface area contributed by atoms with Crippen molar-refractivity contribution >= 4 is 0 Å². The maximum absolute atomic E-state index is 9.86. The predicted molar refractivity (Wildman–Crippen MR) is 49.6 cm³/mol. The van der Waals surface area contributed by atoms with Crippen molar-refractivity contribution in [2.75, 3.05) is 6.54 Å². The van der Waals surface area contributed by atoms with E-state index in [0.717, 1.165) is 5.56 Å². The molecule has 0 saturated carbocycles. The molecule has 12 heavy (non-hydrogen) atoms. The standard InChI is InChI=1S/C10H13NO/c1-2-10(12,8-11)9-6-4-3-5-7-9/h2-7,12H,1,8,11H2. The molecular weight excluding hydrogens is 150 g/mol. The van der Waals surface area contributed by atoms with Gasteiger partial charge in [0.25, 0.3) is 0 Å². The van der Waals surface area contributed by atoms with Gasteiger partial charge in [0, 0.05) is 6.54 Å². The van der Waals surface area contributed by atoms with Crippen molar-refractivity contribution in [1.82, 2.24) is 0 Å². The zero-order valence-electron chi connectivity index (χ0n) is 6.90. The van der Waals surface area contributed by atoms with Crippen LogP contribution in [0.25, 0.3) is 0 Å². The van der Waals surface area contributed by atoms with Crippen LogP contribution in [-0.2, 0) is 5.60 Å². The zero-order valence-corrected chi connectivity index (χ0v) is 6.90. The van der Waals surface area contributed by atoms with Crippen LogP contribution in [0.15, 0.2) is 43.0 Å². The summed E-state index contributed by atoms with van der Waals surface area (Å²) in [4.78, 5) is 0. The third-order valence-corrected chi connectivity index (χ3v) is 1.92. The second-order valence-corrected chi connectivity index (χ2v) is 2.70. The summed E-state index contributed by atoms with van der Waals surface area (Å²) >= 11 is 0. The van der Waals surface area contributed by atoms with Gasteiger partial charge < -0.3 is 10.8 Å². The van der Waals surface area contributed by atoms with Gasteiger partial charge in [-0.25, -0.2) is 0 Å². The topological polar surface area (TPSA) is 46.2 Å². The highest BCUT2D eigenvalue weighted by molar-refractivity contribution is 5.26. The first kappa shape index (κ1) is 8.97. The number of rotatable bonds is 3. The van der Waals surface area contributed by atoms with Crippen LogP contribution >= 0.6 is 0 Å². The highest BCUT2D eigenvalue weighted by Gasteiger charge is 2.22. The summed E-state index contributed by atoms with van der Waals surface area (Å²) < 4.78 is 0. The van der Waals surface area contributed by atoms with Crippen LogP contribution in [0, 0.1) is 0 Å². The van der Waals surface area contributed by atoms with Gasteiger partial charge in [-0.1, -0.05) is 43.0 Å². The summed E-state index contributed by atoms with van der Waals surface area (Å²) in [6.45, 7) is 3.70. The summed E-state index contributed by atoms with van der Waals surface area (Å²) in [5.74, 6) is 0. The van der Waals surface area contributed by atoms with Crippen LogP contribution in [0.1, 0.15) is 5.56 Å². The van der Waals surface area contributed by atoms with E-state index in [2.05, 4.69) is 6.58 Å². The van der Waals surface area contributed by atoms with Crippen molar-refractivity contribution in [2.45, 2.75) is 5.60 Å². The molecule has 0 bridgehead atoms. The molecule has 1 rings (SSSR count). The summed E-state index contributed by atoms with van der Waals surface area (Å²) in [5, 5.41) is 9.86. The summed E-state index contributed by atoms with van der Waals surface area (Å²) in [6.07, 6.45) is 1.46. The van der Waals surface area contributed by atoms with E-state index in [1.807, 2.05) is 30.3 Å². The zero-order chi connectivity index (χ0) is 9.03. The molecule has 1 aromatic carbocycles. The molecule has 0 amide bonds. The number of hydrogen-bond acceptors (Lipinski definition) is 2. The maximum Gasteiger partial charge on any atom is 0.120 e. The van der Waals surface area contributed by atoms with Crippen LogP contribution in [0.5, 0.6) is 0 Å². The van der Waals surface area contributed by atoms with Gasteiger partial charge in [0.05, 0.1) is 0 Å². The van der Waals surface area contributed by atoms with Gasteiger partial charge in [0.2, 0.25) is 0 Å². The minimum atomic E-state index is -1.08. The lowest BCUT2D eigenvalue weighted by atomic mass is 9.94. The maximum atomic E-state index is 9.86. The number of nitrogens with two attached hydrogens (primary N) is 1. The Kier molecular flexibility index (Phi) is 2.63. The Morgan fingerprint density at radius 1 is 1.42 bits per heavy atom. The van der Waals surface area contributed by atoms with E-state index in [1.54, 1.807) is 0 Å². The predicted octanol–water partition coefficient (Wildman–Crippen LogP) is 1.02. The molecule has 0 heterocycles. The molecular formula is C10H13NO. The molecule has 0 fully saturated rings. The lowest BCUT2D eigenvalue weighted by Gasteiger charge is -2.22. The van der Waals surface area contributed by atoms with E-state index in [-0.39, 0.29) is 6.54 Å². The van der Waals surface area contributed by atoms with Gasteiger partial charge in [0.15, 0.2) is 0 Å². The first-order valence-corrected chi connectivity index (χ1v) is 3.84. The normalized spacial score (nSPS) is 15.2. The van der Waals surface area contributed by atoms with E-state index in [9.17, 15) is 5.11 Å². The summed E-state index contributed by atoms with van der Waals surface area (Å²) in [7, 11) is 0. The van der Waals surface area contributed by atoms with E-state index >= 15 is 0 Å². The van der Waals surface area contributed by atoms with Gasteiger partial charge >= 0.3 is 0 Å². The Morgan fingerprint density at radius 3 is 2.42 bits per heavy atom. The van der Waals surface area contributed by atoms with Crippen molar-refractivity contribution in [3.63, 3.8) is 0 Å². The molecule has 3 N–H and O–H groups in total. The molecule has 2 heteroatoms. The average molecular weight is 163 g/mol. The average Bonchev–Trinajstić information content (AvgIpc) is 2.18. The quantitative estimate of drug-likeness (QED) is 0.653. The number of aliphatic hydroxyl groups is 1. The van der Waals surface area contributed by atoms with Crippen molar-refractivity contribution < 1.29 is 5.11 Å². The molecule has 0 radical (unpaired) electrons. The molecule has 1 aromatic rings. The molecule has 0 spiro atoms. The van der Waals surface area contributed by atoms with Gasteiger partial charge in [0.1, 0.15) is 5.60 Å². The second-order valence-electron chi connectivity index (χ2n) is 2.70. The lowest BCUT2D eigenvalue weighted by Crippen LogP contribution is -2.32. The number of benzene rings is 1. The fraction of sp³-hybridized carbons (Fsp3) is 0.200. The van der Waals surface area contributed by atoms with Crippen LogP contribution in [0.2, 0.25) is 0 Å². The largest absolute Gasteiger partial charge is 0.380 e. The molecule has 1 unspecified atom stereocenters. The third kappa shape index (κ3) is 1.55. The van der Waals surface area contributed by atoms with Crippen molar-refractivity contribution in [3.8, 4) is 0 Å². The minimum Gasteiger partial charge on any atom is -0.380 e. The van der Waals surface area contributed by atoms with Gasteiger partial charge in [-0.3, -0.25) is 0 Å². The van der Waals surface area contributed by atoms with Gasteiger partial charge in [-0.2, -0.15) is 0 Å². The monoisotopic (exact) mass is 163 g/mol. The molecule has 0 aliphatic carbocycles. The fourth-order valence-corrected chi connectivity index (χ4v) is 1.05. The Hall–Kier alpha value is -1.12. The summed E-state index contributed by atoms with van der Waals surface area (Å²) in [6, 6.07) is 9.27. The Morgan fingerprint density at radius 2 is 2.00 bits per heavy atom. The molecule has 64 valence electrons. The molecule has 0 saturated heterocycles. The fourth-order valence-electron chi connectivity index (χ4n) is 1.05. The minimum absolute atomic E-state index is 0.153. The van der Waals surface area contributed by atoms with E-state index < -0.39 is 5.60 Å².